The van der Waals surface area contributed by atoms with Crippen molar-refractivity contribution in [1.82, 2.24) is 5.32 Å². The Morgan fingerprint density at radius 3 is 3.00 bits per heavy atom. The van der Waals surface area contributed by atoms with E-state index >= 15 is 0 Å². The number of nitrogens with one attached hydrogen (secondary N) is 1. The molecule has 5 heteroatoms. The third-order valence-electron chi connectivity index (χ3n) is 2.94. The number of thiophene rings is 1. The third kappa shape index (κ3) is 3.52. The highest BCUT2D eigenvalue weighted by atomic mass is 32.1. The summed E-state index contributed by atoms with van der Waals surface area (Å²) in [6.45, 7) is 2.62. The van der Waals surface area contributed by atoms with E-state index in [1.165, 1.54) is 23.5 Å². The average Bonchev–Trinajstić information content (AvgIpc) is 2.79. The molecule has 0 fully saturated rings. The van der Waals surface area contributed by atoms with Crippen LogP contribution < -0.4 is 5.32 Å². The van der Waals surface area contributed by atoms with Crippen LogP contribution in [-0.4, -0.2) is 24.2 Å². The Morgan fingerprint density at radius 2 is 2.26 bits per heavy atom. The van der Waals surface area contributed by atoms with Gasteiger partial charge < -0.3 is 10.4 Å². The fourth-order valence-electron chi connectivity index (χ4n) is 1.80. The second kappa shape index (κ2) is 6.12. The summed E-state index contributed by atoms with van der Waals surface area (Å²) in [7, 11) is 0. The Kier molecular flexibility index (Phi) is 4.50. The van der Waals surface area contributed by atoms with Crippen LogP contribution in [0.2, 0.25) is 0 Å². The van der Waals surface area contributed by atoms with Crippen LogP contribution in [0.5, 0.6) is 0 Å². The summed E-state index contributed by atoms with van der Waals surface area (Å²) in [6.07, 6.45) is 0.665. The van der Waals surface area contributed by atoms with Gasteiger partial charge in [-0.15, -0.1) is 11.3 Å². The molecule has 0 radical (unpaired) electrons. The molecule has 2 aromatic rings. The van der Waals surface area contributed by atoms with E-state index in [-0.39, 0.29) is 24.2 Å². The lowest BCUT2D eigenvalue weighted by Gasteiger charge is -2.09. The van der Waals surface area contributed by atoms with Gasteiger partial charge in [-0.05, 0) is 42.0 Å². The number of amides is 1. The van der Waals surface area contributed by atoms with E-state index in [0.717, 1.165) is 10.1 Å². The van der Waals surface area contributed by atoms with Gasteiger partial charge in [0.15, 0.2) is 0 Å². The third-order valence-corrected chi connectivity index (χ3v) is 4.05. The first-order chi connectivity index (χ1) is 9.10. The number of benzene rings is 1. The van der Waals surface area contributed by atoms with Crippen LogP contribution >= 0.6 is 11.3 Å². The summed E-state index contributed by atoms with van der Waals surface area (Å²) in [5.74, 6) is -0.207. The summed E-state index contributed by atoms with van der Waals surface area (Å²) in [5.41, 5.74) is 0. The van der Waals surface area contributed by atoms with Crippen LogP contribution in [0.25, 0.3) is 10.1 Å². The number of fused-ring (bicyclic) bond motifs is 1. The summed E-state index contributed by atoms with van der Waals surface area (Å²) in [5, 5.41) is 12.4. The van der Waals surface area contributed by atoms with Gasteiger partial charge in [-0.2, -0.15) is 0 Å². The molecule has 1 heterocycles. The quantitative estimate of drug-likeness (QED) is 0.885. The molecule has 1 amide bonds. The van der Waals surface area contributed by atoms with Crippen molar-refractivity contribution in [1.29, 1.82) is 0 Å². The molecule has 0 aliphatic heterocycles. The molecule has 0 aliphatic carbocycles. The minimum absolute atomic E-state index is 0.124. The minimum atomic E-state index is -0.297. The maximum atomic E-state index is 13.1. The molecule has 0 bridgehead atoms. The van der Waals surface area contributed by atoms with Gasteiger partial charge in [0, 0.05) is 17.9 Å². The van der Waals surface area contributed by atoms with Crippen molar-refractivity contribution in [2.24, 2.45) is 5.92 Å². The molecule has 102 valence electrons. The lowest BCUT2D eigenvalue weighted by molar-refractivity contribution is 0.0949. The van der Waals surface area contributed by atoms with E-state index in [1.54, 1.807) is 12.1 Å². The van der Waals surface area contributed by atoms with Crippen LogP contribution in [0.4, 0.5) is 4.39 Å². The number of carbonyl (C=O) groups is 1. The fraction of sp³-hybridized carbons (Fsp3) is 0.357. The molecule has 2 N–H and O–H groups in total. The Labute approximate surface area is 115 Å². The van der Waals surface area contributed by atoms with Crippen LogP contribution in [0.15, 0.2) is 24.3 Å². The zero-order valence-electron chi connectivity index (χ0n) is 10.6. The molecule has 0 spiro atoms. The second-order valence-corrected chi connectivity index (χ2v) is 5.70. The number of hydrogen-bond donors (Lipinski definition) is 2. The Bertz CT molecular complexity index is 582. The molecule has 1 unspecified atom stereocenters. The topological polar surface area (TPSA) is 49.3 Å². The lowest BCUT2D eigenvalue weighted by atomic mass is 10.1. The molecule has 1 aromatic heterocycles. The first-order valence-electron chi connectivity index (χ1n) is 6.18. The highest BCUT2D eigenvalue weighted by Crippen LogP contribution is 2.26. The van der Waals surface area contributed by atoms with Gasteiger partial charge in [0.2, 0.25) is 0 Å². The standard InChI is InChI=1S/C14H16FNO2S/c1-9(4-5-17)8-16-14(18)13-7-10-6-11(15)2-3-12(10)19-13/h2-3,6-7,9,17H,4-5,8H2,1H3,(H,16,18). The predicted octanol–water partition coefficient (Wildman–Crippen LogP) is 2.79. The van der Waals surface area contributed by atoms with Crippen molar-refractivity contribution in [3.63, 3.8) is 0 Å². The fourth-order valence-corrected chi connectivity index (χ4v) is 2.76. The van der Waals surface area contributed by atoms with Crippen molar-refractivity contribution >= 4 is 27.3 Å². The van der Waals surface area contributed by atoms with Gasteiger partial charge in [0.25, 0.3) is 5.91 Å². The number of hydrogen-bond acceptors (Lipinski definition) is 3. The van der Waals surface area contributed by atoms with Crippen LogP contribution in [0.1, 0.15) is 23.0 Å². The van der Waals surface area contributed by atoms with Gasteiger partial charge >= 0.3 is 0 Å². The number of aliphatic hydroxyl groups excluding tert-OH is 1. The van der Waals surface area contributed by atoms with Crippen LogP contribution in [-0.2, 0) is 0 Å². The Hall–Kier alpha value is -1.46. The van der Waals surface area contributed by atoms with E-state index in [9.17, 15) is 9.18 Å². The number of rotatable bonds is 5. The SMILES string of the molecule is CC(CCO)CNC(=O)c1cc2cc(F)ccc2s1. The van der Waals surface area contributed by atoms with Crippen molar-refractivity contribution < 1.29 is 14.3 Å². The highest BCUT2D eigenvalue weighted by molar-refractivity contribution is 7.20. The zero-order valence-corrected chi connectivity index (χ0v) is 11.5. The molecule has 0 saturated heterocycles. The molecule has 0 saturated carbocycles. The van der Waals surface area contributed by atoms with Gasteiger partial charge in [0.1, 0.15) is 5.82 Å². The highest BCUT2D eigenvalue weighted by Gasteiger charge is 2.11. The summed E-state index contributed by atoms with van der Waals surface area (Å²) >= 11 is 1.35. The molecule has 1 aromatic carbocycles. The monoisotopic (exact) mass is 281 g/mol. The Balaban J connectivity index is 2.05. The molecular weight excluding hydrogens is 265 g/mol. The van der Waals surface area contributed by atoms with Crippen LogP contribution in [0, 0.1) is 11.7 Å². The van der Waals surface area contributed by atoms with Crippen LogP contribution in [0.3, 0.4) is 0 Å². The lowest BCUT2D eigenvalue weighted by Crippen LogP contribution is -2.27. The summed E-state index contributed by atoms with van der Waals surface area (Å²) in [6, 6.07) is 6.20. The van der Waals surface area contributed by atoms with Gasteiger partial charge in [-0.25, -0.2) is 4.39 Å². The molecule has 2 rings (SSSR count). The van der Waals surface area contributed by atoms with E-state index in [2.05, 4.69) is 5.32 Å². The van der Waals surface area contributed by atoms with Crippen molar-refractivity contribution in [3.05, 3.63) is 35.0 Å². The first kappa shape index (κ1) is 14.0. The molecule has 19 heavy (non-hydrogen) atoms. The zero-order chi connectivity index (χ0) is 13.8. The van der Waals surface area contributed by atoms with Crippen molar-refractivity contribution in [2.45, 2.75) is 13.3 Å². The normalized spacial score (nSPS) is 12.6. The first-order valence-corrected chi connectivity index (χ1v) is 7.00. The largest absolute Gasteiger partial charge is 0.396 e. The average molecular weight is 281 g/mol. The maximum absolute atomic E-state index is 13.1. The maximum Gasteiger partial charge on any atom is 0.261 e. The molecular formula is C14H16FNO2S. The summed E-state index contributed by atoms with van der Waals surface area (Å²) in [4.78, 5) is 12.5. The predicted molar refractivity (Wildman–Crippen MR) is 75.0 cm³/mol. The number of halogens is 1. The van der Waals surface area contributed by atoms with Gasteiger partial charge in [-0.3, -0.25) is 4.79 Å². The van der Waals surface area contributed by atoms with Crippen molar-refractivity contribution in [3.8, 4) is 0 Å². The minimum Gasteiger partial charge on any atom is -0.396 e. The van der Waals surface area contributed by atoms with E-state index in [4.69, 9.17) is 5.11 Å². The van der Waals surface area contributed by atoms with Gasteiger partial charge in [0.05, 0.1) is 4.88 Å². The van der Waals surface area contributed by atoms with Crippen molar-refractivity contribution in [2.75, 3.05) is 13.2 Å². The summed E-state index contributed by atoms with van der Waals surface area (Å²) < 4.78 is 14.0. The molecule has 0 aliphatic rings. The van der Waals surface area contributed by atoms with E-state index in [1.807, 2.05) is 6.92 Å². The smallest absolute Gasteiger partial charge is 0.261 e. The van der Waals surface area contributed by atoms with Gasteiger partial charge in [-0.1, -0.05) is 6.92 Å². The Morgan fingerprint density at radius 1 is 1.47 bits per heavy atom. The molecule has 1 atom stereocenters. The second-order valence-electron chi connectivity index (χ2n) is 4.62. The molecule has 3 nitrogen and oxygen atoms in total. The number of carbonyl (C=O) groups excluding carboxylic acids is 1. The van der Waals surface area contributed by atoms with E-state index in [0.29, 0.717) is 17.8 Å². The van der Waals surface area contributed by atoms with E-state index < -0.39 is 0 Å². The number of aliphatic hydroxyl groups is 1.